The van der Waals surface area contributed by atoms with Crippen molar-refractivity contribution in [3.63, 3.8) is 0 Å². The Hall–Kier alpha value is -0.860. The normalized spacial score (nSPS) is 25.6. The standard InChI is InChI=1S/C17H25NO/c1-12(2)14-5-4-13(3)16(8-14)17(10-19-11-17)15-6-7-18-9-15/h4-5,8,12,15,18H,6-7,9-11H2,1-3H3. The summed E-state index contributed by atoms with van der Waals surface area (Å²) in [6.07, 6.45) is 1.29. The second kappa shape index (κ2) is 4.92. The molecule has 1 N–H and O–H groups in total. The average molecular weight is 259 g/mol. The van der Waals surface area contributed by atoms with Gasteiger partial charge in [0.05, 0.1) is 13.2 Å². The van der Waals surface area contributed by atoms with E-state index in [2.05, 4.69) is 44.3 Å². The lowest BCUT2D eigenvalue weighted by molar-refractivity contribution is -0.0872. The summed E-state index contributed by atoms with van der Waals surface area (Å²) >= 11 is 0. The topological polar surface area (TPSA) is 21.3 Å². The van der Waals surface area contributed by atoms with Crippen LogP contribution < -0.4 is 5.32 Å². The lowest BCUT2D eigenvalue weighted by Gasteiger charge is -2.47. The number of benzene rings is 1. The van der Waals surface area contributed by atoms with Crippen LogP contribution in [0.1, 0.15) is 42.9 Å². The van der Waals surface area contributed by atoms with E-state index >= 15 is 0 Å². The molecule has 1 atom stereocenters. The van der Waals surface area contributed by atoms with Crippen molar-refractivity contribution in [2.24, 2.45) is 5.92 Å². The summed E-state index contributed by atoms with van der Waals surface area (Å²) in [5, 5.41) is 3.52. The number of rotatable bonds is 3. The van der Waals surface area contributed by atoms with Crippen molar-refractivity contribution in [2.45, 2.75) is 38.5 Å². The first-order valence-electron chi connectivity index (χ1n) is 7.53. The van der Waals surface area contributed by atoms with Gasteiger partial charge in [-0.3, -0.25) is 0 Å². The van der Waals surface area contributed by atoms with E-state index in [4.69, 9.17) is 4.74 Å². The predicted octanol–water partition coefficient (Wildman–Crippen LogP) is 3.00. The molecule has 2 heteroatoms. The van der Waals surface area contributed by atoms with Gasteiger partial charge in [0.2, 0.25) is 0 Å². The molecule has 0 spiro atoms. The van der Waals surface area contributed by atoms with Crippen LogP contribution >= 0.6 is 0 Å². The van der Waals surface area contributed by atoms with Crippen LogP contribution in [0.5, 0.6) is 0 Å². The predicted molar refractivity (Wildman–Crippen MR) is 78.7 cm³/mol. The number of ether oxygens (including phenoxy) is 1. The van der Waals surface area contributed by atoms with E-state index in [1.807, 2.05) is 0 Å². The van der Waals surface area contributed by atoms with Gasteiger partial charge in [-0.1, -0.05) is 32.0 Å². The van der Waals surface area contributed by atoms with Crippen LogP contribution in [-0.4, -0.2) is 26.3 Å². The van der Waals surface area contributed by atoms with Crippen molar-refractivity contribution >= 4 is 0 Å². The summed E-state index contributed by atoms with van der Waals surface area (Å²) in [4.78, 5) is 0. The van der Waals surface area contributed by atoms with Crippen molar-refractivity contribution in [3.8, 4) is 0 Å². The van der Waals surface area contributed by atoms with E-state index in [-0.39, 0.29) is 5.41 Å². The van der Waals surface area contributed by atoms with Gasteiger partial charge in [-0.2, -0.15) is 0 Å². The molecule has 1 unspecified atom stereocenters. The molecule has 0 radical (unpaired) electrons. The third-order valence-electron chi connectivity index (χ3n) is 5.03. The molecule has 0 amide bonds. The van der Waals surface area contributed by atoms with Gasteiger partial charge in [-0.15, -0.1) is 0 Å². The quantitative estimate of drug-likeness (QED) is 0.901. The molecule has 3 rings (SSSR count). The van der Waals surface area contributed by atoms with Gasteiger partial charge in [-0.05, 0) is 55.0 Å². The number of nitrogens with one attached hydrogen (secondary N) is 1. The van der Waals surface area contributed by atoms with Crippen molar-refractivity contribution < 1.29 is 4.74 Å². The Morgan fingerprint density at radius 3 is 2.63 bits per heavy atom. The van der Waals surface area contributed by atoms with E-state index in [0.717, 1.165) is 32.2 Å². The molecule has 19 heavy (non-hydrogen) atoms. The Balaban J connectivity index is 2.00. The first kappa shape index (κ1) is 13.1. The highest BCUT2D eigenvalue weighted by atomic mass is 16.5. The maximum absolute atomic E-state index is 5.63. The molecule has 1 aromatic carbocycles. The molecule has 2 heterocycles. The summed E-state index contributed by atoms with van der Waals surface area (Å²) in [6.45, 7) is 10.9. The molecule has 2 aliphatic rings. The molecule has 0 saturated carbocycles. The van der Waals surface area contributed by atoms with Crippen LogP contribution in [0, 0.1) is 12.8 Å². The third kappa shape index (κ3) is 2.11. The van der Waals surface area contributed by atoms with Crippen LogP contribution in [0.15, 0.2) is 18.2 Å². The lowest BCUT2D eigenvalue weighted by atomic mass is 9.66. The van der Waals surface area contributed by atoms with Gasteiger partial charge >= 0.3 is 0 Å². The summed E-state index contributed by atoms with van der Waals surface area (Å²) < 4.78 is 5.63. The molecular weight excluding hydrogens is 234 g/mol. The third-order valence-corrected chi connectivity index (χ3v) is 5.03. The first-order valence-corrected chi connectivity index (χ1v) is 7.53. The van der Waals surface area contributed by atoms with Gasteiger partial charge in [0.15, 0.2) is 0 Å². The molecule has 0 bridgehead atoms. The number of hydrogen-bond acceptors (Lipinski definition) is 2. The van der Waals surface area contributed by atoms with Crippen LogP contribution in [0.3, 0.4) is 0 Å². The zero-order valence-electron chi connectivity index (χ0n) is 12.3. The van der Waals surface area contributed by atoms with E-state index in [1.54, 1.807) is 5.56 Å². The van der Waals surface area contributed by atoms with Crippen LogP contribution in [-0.2, 0) is 10.2 Å². The molecule has 0 aliphatic carbocycles. The van der Waals surface area contributed by atoms with Crippen molar-refractivity contribution in [1.29, 1.82) is 0 Å². The van der Waals surface area contributed by atoms with E-state index < -0.39 is 0 Å². The molecule has 2 nitrogen and oxygen atoms in total. The summed E-state index contributed by atoms with van der Waals surface area (Å²) in [5.74, 6) is 1.33. The fourth-order valence-corrected chi connectivity index (χ4v) is 3.59. The van der Waals surface area contributed by atoms with Gasteiger partial charge in [0.1, 0.15) is 0 Å². The van der Waals surface area contributed by atoms with Gasteiger partial charge < -0.3 is 10.1 Å². The molecule has 2 saturated heterocycles. The summed E-state index contributed by atoms with van der Waals surface area (Å²) in [5.41, 5.74) is 4.70. The molecule has 0 aromatic heterocycles. The second-order valence-corrected chi connectivity index (χ2v) is 6.57. The van der Waals surface area contributed by atoms with Gasteiger partial charge in [0.25, 0.3) is 0 Å². The molecule has 2 fully saturated rings. The number of hydrogen-bond donors (Lipinski definition) is 1. The Morgan fingerprint density at radius 1 is 1.32 bits per heavy atom. The van der Waals surface area contributed by atoms with E-state index in [0.29, 0.717) is 5.92 Å². The highest BCUT2D eigenvalue weighted by Gasteiger charge is 2.48. The zero-order valence-corrected chi connectivity index (χ0v) is 12.3. The summed E-state index contributed by atoms with van der Waals surface area (Å²) in [6, 6.07) is 7.03. The second-order valence-electron chi connectivity index (χ2n) is 6.57. The van der Waals surface area contributed by atoms with Crippen molar-refractivity contribution in [2.75, 3.05) is 26.3 Å². The smallest absolute Gasteiger partial charge is 0.0588 e. The monoisotopic (exact) mass is 259 g/mol. The van der Waals surface area contributed by atoms with Gasteiger partial charge in [-0.25, -0.2) is 0 Å². The Morgan fingerprint density at radius 2 is 2.11 bits per heavy atom. The SMILES string of the molecule is Cc1ccc(C(C)C)cc1C1(C2CCNC2)COC1. The largest absolute Gasteiger partial charge is 0.379 e. The zero-order chi connectivity index (χ0) is 13.5. The fourth-order valence-electron chi connectivity index (χ4n) is 3.59. The highest BCUT2D eigenvalue weighted by Crippen LogP contribution is 2.44. The van der Waals surface area contributed by atoms with Crippen LogP contribution in [0.2, 0.25) is 0 Å². The minimum atomic E-state index is 0.276. The molecule has 1 aromatic rings. The lowest BCUT2D eigenvalue weighted by Crippen LogP contribution is -2.53. The maximum atomic E-state index is 5.63. The van der Waals surface area contributed by atoms with Crippen LogP contribution in [0.25, 0.3) is 0 Å². The Bertz CT molecular complexity index is 456. The highest BCUT2D eigenvalue weighted by molar-refractivity contribution is 5.40. The molecular formula is C17H25NO. The van der Waals surface area contributed by atoms with Crippen molar-refractivity contribution in [3.05, 3.63) is 34.9 Å². The Labute approximate surface area is 116 Å². The molecule has 104 valence electrons. The minimum absolute atomic E-state index is 0.276. The number of aryl methyl sites for hydroxylation is 1. The molecule has 2 aliphatic heterocycles. The van der Waals surface area contributed by atoms with E-state index in [9.17, 15) is 0 Å². The first-order chi connectivity index (χ1) is 9.13. The van der Waals surface area contributed by atoms with Gasteiger partial charge in [0, 0.05) is 5.41 Å². The van der Waals surface area contributed by atoms with Crippen LogP contribution in [0.4, 0.5) is 0 Å². The maximum Gasteiger partial charge on any atom is 0.0588 e. The average Bonchev–Trinajstić information content (AvgIpc) is 2.84. The fraction of sp³-hybridized carbons (Fsp3) is 0.647. The Kier molecular flexibility index (Phi) is 3.40. The van der Waals surface area contributed by atoms with E-state index in [1.165, 1.54) is 17.5 Å². The summed E-state index contributed by atoms with van der Waals surface area (Å²) in [7, 11) is 0. The van der Waals surface area contributed by atoms with Crippen molar-refractivity contribution in [1.82, 2.24) is 5.32 Å². The minimum Gasteiger partial charge on any atom is -0.379 e.